The molecule has 20 heavy (non-hydrogen) atoms. The molecule has 0 saturated carbocycles. The van der Waals surface area contributed by atoms with E-state index in [1.165, 1.54) is 6.08 Å². The summed E-state index contributed by atoms with van der Waals surface area (Å²) in [6.45, 7) is 0. The Hall–Kier alpha value is -2.20. The van der Waals surface area contributed by atoms with E-state index in [0.29, 0.717) is 0 Å². The summed E-state index contributed by atoms with van der Waals surface area (Å²) < 4.78 is 2.79. The van der Waals surface area contributed by atoms with Crippen molar-refractivity contribution >= 4 is 33.8 Å². The van der Waals surface area contributed by atoms with Crippen LogP contribution in [0, 0.1) is 0 Å². The number of hydrogen-bond acceptors (Lipinski definition) is 2. The third kappa shape index (κ3) is 2.30. The summed E-state index contributed by atoms with van der Waals surface area (Å²) in [7, 11) is 0. The number of aldehydes is 1. The second kappa shape index (κ2) is 5.43. The summed E-state index contributed by atoms with van der Waals surface area (Å²) in [5, 5.41) is 4.61. The van der Waals surface area contributed by atoms with Crippen molar-refractivity contribution in [2.75, 3.05) is 0 Å². The van der Waals surface area contributed by atoms with Crippen LogP contribution in [-0.2, 0) is 4.79 Å². The fourth-order valence-corrected chi connectivity index (χ4v) is 2.48. The van der Waals surface area contributed by atoms with Gasteiger partial charge in [-0.3, -0.25) is 4.79 Å². The van der Waals surface area contributed by atoms with Gasteiger partial charge in [0.1, 0.15) is 12.0 Å². The highest BCUT2D eigenvalue weighted by atomic mass is 79.9. The fourth-order valence-electron chi connectivity index (χ4n) is 2.15. The zero-order chi connectivity index (χ0) is 13.9. The number of aromatic nitrogens is 2. The van der Waals surface area contributed by atoms with Crippen molar-refractivity contribution in [2.45, 2.75) is 0 Å². The van der Waals surface area contributed by atoms with Gasteiger partial charge in [0.15, 0.2) is 0 Å². The average molecular weight is 327 g/mol. The van der Waals surface area contributed by atoms with Crippen LogP contribution in [-0.4, -0.2) is 15.9 Å². The molecule has 0 aliphatic heterocycles. The number of halogens is 1. The first-order chi connectivity index (χ1) is 9.79. The lowest BCUT2D eigenvalue weighted by Gasteiger charge is -1.98. The molecule has 0 N–H and O–H groups in total. The van der Waals surface area contributed by atoms with Crippen molar-refractivity contribution in [3.8, 4) is 11.3 Å². The summed E-state index contributed by atoms with van der Waals surface area (Å²) in [5.74, 6) is 0. The van der Waals surface area contributed by atoms with Crippen molar-refractivity contribution < 1.29 is 4.79 Å². The van der Waals surface area contributed by atoms with E-state index in [4.69, 9.17) is 0 Å². The van der Waals surface area contributed by atoms with Crippen LogP contribution in [0.2, 0.25) is 0 Å². The molecule has 2 heterocycles. The second-order valence-corrected chi connectivity index (χ2v) is 5.21. The number of hydrogen-bond donors (Lipinski definition) is 0. The normalized spacial score (nSPS) is 11.2. The third-order valence-electron chi connectivity index (χ3n) is 3.02. The highest BCUT2D eigenvalue weighted by Gasteiger charge is 2.12. The predicted octanol–water partition coefficient (Wildman–Crippen LogP) is 3.98. The average Bonchev–Trinajstić information content (AvgIpc) is 2.84. The first-order valence-electron chi connectivity index (χ1n) is 6.15. The second-order valence-electron chi connectivity index (χ2n) is 4.30. The molecule has 0 aliphatic carbocycles. The quantitative estimate of drug-likeness (QED) is 0.539. The monoisotopic (exact) mass is 326 g/mol. The predicted molar refractivity (Wildman–Crippen MR) is 83.4 cm³/mol. The molecule has 98 valence electrons. The van der Waals surface area contributed by atoms with Crippen molar-refractivity contribution in [3.63, 3.8) is 0 Å². The Morgan fingerprint density at radius 2 is 1.95 bits per heavy atom. The van der Waals surface area contributed by atoms with Gasteiger partial charge < -0.3 is 0 Å². The molecule has 2 aromatic heterocycles. The lowest BCUT2D eigenvalue weighted by atomic mass is 10.1. The maximum Gasteiger partial charge on any atom is 0.142 e. The largest absolute Gasteiger partial charge is 0.299 e. The molecule has 0 bridgehead atoms. The zero-order valence-corrected chi connectivity index (χ0v) is 12.1. The van der Waals surface area contributed by atoms with Gasteiger partial charge in [-0.25, -0.2) is 4.52 Å². The van der Waals surface area contributed by atoms with E-state index in [1.54, 1.807) is 6.08 Å². The van der Waals surface area contributed by atoms with Gasteiger partial charge in [-0.1, -0.05) is 46.3 Å². The molecular formula is C16H11BrN2O. The molecule has 3 rings (SSSR count). The number of rotatable bonds is 3. The molecule has 0 amide bonds. The fraction of sp³-hybridized carbons (Fsp3) is 0. The van der Waals surface area contributed by atoms with E-state index in [1.807, 2.05) is 53.2 Å². The third-order valence-corrected chi connectivity index (χ3v) is 3.52. The number of pyridine rings is 1. The lowest BCUT2D eigenvalue weighted by Crippen LogP contribution is -1.85. The Kier molecular flexibility index (Phi) is 3.48. The van der Waals surface area contributed by atoms with E-state index < -0.39 is 0 Å². The molecule has 1 aromatic carbocycles. The number of carbonyl (C=O) groups is 1. The van der Waals surface area contributed by atoms with E-state index in [2.05, 4.69) is 21.0 Å². The van der Waals surface area contributed by atoms with Crippen LogP contribution in [0.25, 0.3) is 22.9 Å². The molecular weight excluding hydrogens is 316 g/mol. The van der Waals surface area contributed by atoms with Crippen molar-refractivity contribution in [1.82, 2.24) is 9.61 Å². The van der Waals surface area contributed by atoms with Crippen molar-refractivity contribution in [1.29, 1.82) is 0 Å². The summed E-state index contributed by atoms with van der Waals surface area (Å²) >= 11 is 3.47. The Morgan fingerprint density at radius 1 is 1.15 bits per heavy atom. The minimum absolute atomic E-state index is 0.774. The number of allylic oxidation sites excluding steroid dienone is 1. The maximum absolute atomic E-state index is 10.6. The maximum atomic E-state index is 10.6. The van der Waals surface area contributed by atoms with E-state index in [-0.39, 0.29) is 0 Å². The highest BCUT2D eigenvalue weighted by molar-refractivity contribution is 9.10. The molecule has 3 nitrogen and oxygen atoms in total. The molecule has 4 heteroatoms. The Balaban J connectivity index is 2.30. The van der Waals surface area contributed by atoms with Crippen LogP contribution >= 0.6 is 15.9 Å². The highest BCUT2D eigenvalue weighted by Crippen LogP contribution is 2.28. The first-order valence-corrected chi connectivity index (χ1v) is 6.94. The standard InChI is InChI=1S/C16H11BrN2O/c17-13-8-9-19-15(11-13)14(7-4-10-20)16(18-19)12-5-2-1-3-6-12/h1-11H/b7-4+. The lowest BCUT2D eigenvalue weighted by molar-refractivity contribution is -0.104. The van der Waals surface area contributed by atoms with Crippen LogP contribution < -0.4 is 0 Å². The van der Waals surface area contributed by atoms with Gasteiger partial charge in [0.05, 0.1) is 5.52 Å². The van der Waals surface area contributed by atoms with Crippen LogP contribution in [0.15, 0.2) is 59.2 Å². The Labute approximate surface area is 124 Å². The Morgan fingerprint density at radius 3 is 2.70 bits per heavy atom. The van der Waals surface area contributed by atoms with Gasteiger partial charge in [-0.05, 0) is 24.3 Å². The Bertz CT molecular complexity index is 791. The minimum Gasteiger partial charge on any atom is -0.299 e. The summed E-state index contributed by atoms with van der Waals surface area (Å²) in [5.41, 5.74) is 3.78. The van der Waals surface area contributed by atoms with Crippen LogP contribution in [0.3, 0.4) is 0 Å². The molecule has 0 spiro atoms. The van der Waals surface area contributed by atoms with Crippen molar-refractivity contribution in [3.05, 3.63) is 64.8 Å². The van der Waals surface area contributed by atoms with Crippen LogP contribution in [0.1, 0.15) is 5.56 Å². The van der Waals surface area contributed by atoms with Gasteiger partial charge in [0, 0.05) is 21.8 Å². The van der Waals surface area contributed by atoms with E-state index in [0.717, 1.165) is 33.1 Å². The van der Waals surface area contributed by atoms with Gasteiger partial charge in [0.25, 0.3) is 0 Å². The van der Waals surface area contributed by atoms with E-state index >= 15 is 0 Å². The number of carbonyl (C=O) groups excluding carboxylic acids is 1. The first kappa shape index (κ1) is 12.8. The SMILES string of the molecule is O=C/C=C/c1c(-c2ccccc2)nn2ccc(Br)cc12. The van der Waals surface area contributed by atoms with Crippen LogP contribution in [0.5, 0.6) is 0 Å². The molecule has 0 unspecified atom stereocenters. The molecule has 0 saturated heterocycles. The van der Waals surface area contributed by atoms with Gasteiger partial charge in [-0.15, -0.1) is 0 Å². The number of fused-ring (bicyclic) bond motifs is 1. The number of nitrogens with zero attached hydrogens (tertiary/aromatic N) is 2. The molecule has 0 aliphatic rings. The van der Waals surface area contributed by atoms with E-state index in [9.17, 15) is 4.79 Å². The van der Waals surface area contributed by atoms with Gasteiger partial charge in [0.2, 0.25) is 0 Å². The topological polar surface area (TPSA) is 34.4 Å². The molecule has 3 aromatic rings. The van der Waals surface area contributed by atoms with Gasteiger partial charge >= 0.3 is 0 Å². The minimum atomic E-state index is 0.774. The summed E-state index contributed by atoms with van der Waals surface area (Å²) in [4.78, 5) is 10.6. The smallest absolute Gasteiger partial charge is 0.142 e. The van der Waals surface area contributed by atoms with Crippen molar-refractivity contribution in [2.24, 2.45) is 0 Å². The zero-order valence-electron chi connectivity index (χ0n) is 10.5. The molecule has 0 radical (unpaired) electrons. The summed E-state index contributed by atoms with van der Waals surface area (Å²) in [6, 6.07) is 13.9. The number of benzene rings is 1. The molecule has 0 fully saturated rings. The van der Waals surface area contributed by atoms with Gasteiger partial charge in [-0.2, -0.15) is 5.10 Å². The van der Waals surface area contributed by atoms with Crippen LogP contribution in [0.4, 0.5) is 0 Å². The molecule has 0 atom stereocenters. The summed E-state index contributed by atoms with van der Waals surface area (Å²) in [6.07, 6.45) is 5.95.